The maximum Gasteiger partial charge on any atom is 0.407 e. The van der Waals surface area contributed by atoms with Crippen LogP contribution in [0.5, 0.6) is 0 Å². The van der Waals surface area contributed by atoms with Gasteiger partial charge in [-0.2, -0.15) is 5.10 Å². The quantitative estimate of drug-likeness (QED) is 0.0253. The number of alkyl carbamates (subject to hydrolysis) is 1. The predicted molar refractivity (Wildman–Crippen MR) is 469 cm³/mol. The molecule has 6 aromatic heterocycles. The van der Waals surface area contributed by atoms with Crippen LogP contribution in [-0.4, -0.2) is 256 Å². The summed E-state index contributed by atoms with van der Waals surface area (Å²) in [6.45, 7) is 17.9. The molecule has 1 aromatic carbocycles. The van der Waals surface area contributed by atoms with Crippen LogP contribution in [-0.2, 0) is 78.5 Å². The fraction of sp³-hybridized carbons (Fsp3) is 0.548. The molecule has 9 atom stereocenters. The first-order valence-electron chi connectivity index (χ1n) is 44.7. The minimum atomic E-state index is -1.09. The average molecular weight is 1710 g/mol. The van der Waals surface area contributed by atoms with Gasteiger partial charge in [-0.1, -0.05) is 75.4 Å². The normalized spacial score (nSPS) is 26.2. The number of fused-ring (bicyclic) bond motifs is 6. The van der Waals surface area contributed by atoms with Crippen molar-refractivity contribution in [2.24, 2.45) is 23.7 Å². The second-order valence-corrected chi connectivity index (χ2v) is 34.8. The lowest BCUT2D eigenvalue weighted by Crippen LogP contribution is -2.54. The zero-order valence-corrected chi connectivity index (χ0v) is 72.8. The lowest BCUT2D eigenvalue weighted by atomic mass is 9.83. The third-order valence-corrected chi connectivity index (χ3v) is 25.8. The zero-order chi connectivity index (χ0) is 87.6. The zero-order valence-electron chi connectivity index (χ0n) is 72.8. The summed E-state index contributed by atoms with van der Waals surface area (Å²) < 4.78 is 32.3. The number of nitrogens with one attached hydrogen (secondary N) is 2. The Morgan fingerprint density at radius 1 is 0.712 bits per heavy atom. The van der Waals surface area contributed by atoms with Crippen molar-refractivity contribution >= 4 is 86.9 Å². The minimum absolute atomic E-state index is 0.0309. The van der Waals surface area contributed by atoms with E-state index in [1.165, 1.54) is 16.8 Å². The Morgan fingerprint density at radius 2 is 1.47 bits per heavy atom. The summed E-state index contributed by atoms with van der Waals surface area (Å²) in [5, 5.41) is 20.7. The van der Waals surface area contributed by atoms with Crippen LogP contribution in [0, 0.1) is 23.7 Å². The highest BCUT2D eigenvalue weighted by molar-refractivity contribution is 6.38. The molecule has 32 nitrogen and oxygen atoms in total. The van der Waals surface area contributed by atoms with Crippen molar-refractivity contribution in [1.29, 1.82) is 0 Å². The van der Waals surface area contributed by atoms with Crippen molar-refractivity contribution in [3.05, 3.63) is 149 Å². The van der Waals surface area contributed by atoms with Crippen molar-refractivity contribution in [3.8, 4) is 11.3 Å². The number of amides is 4. The molecule has 1 aliphatic carbocycles. The number of nitrogens with zero attached hydrogens (tertiary/aromatic N) is 15. The molecule has 1 saturated carbocycles. The SMILES string of the molecule is CO[C@H]1CC2CCCC(O2)C(=O)C(=O)N2CCCC[C@H]2C(=O)O[C@H](CC[C@H]2CC[C@H](OC(=O)NCc3cnc(N4CCN(C(=O)CCOCCN5CCN(c6ncc(C(=O)N7CCc8cc(Cn9nc(-c%10cnc%11[nH]ccc%11c%10)c%10c(N)ncnc%109)ccc8C7)cn6)CC5)CC4)nc3)CC2)CC(=O)[C@H](C)/C=C(\C)[C@@H](O)CC(=O)[C@H](C)C[C@H](C)/C=C/C=C/C=C/1C. The van der Waals surface area contributed by atoms with E-state index >= 15 is 0 Å². The average Bonchev–Trinajstić information content (AvgIpc) is 1.61. The van der Waals surface area contributed by atoms with Gasteiger partial charge in [0.25, 0.3) is 11.8 Å². The van der Waals surface area contributed by atoms with Gasteiger partial charge < -0.3 is 69.3 Å². The summed E-state index contributed by atoms with van der Waals surface area (Å²) >= 11 is 0. The number of hydrogen-bond donors (Lipinski definition) is 4. The molecule has 0 spiro atoms. The summed E-state index contributed by atoms with van der Waals surface area (Å²) in [6.07, 6.45) is 27.4. The van der Waals surface area contributed by atoms with Crippen LogP contribution in [0.25, 0.3) is 33.3 Å². The number of aromatic nitrogens is 10. The Labute approximate surface area is 729 Å². The van der Waals surface area contributed by atoms with Gasteiger partial charge in [-0.3, -0.25) is 33.7 Å². The number of ketones is 3. The smallest absolute Gasteiger partial charge is 0.407 e. The summed E-state index contributed by atoms with van der Waals surface area (Å²) in [6, 6.07) is 9.30. The summed E-state index contributed by atoms with van der Waals surface area (Å²) in [7, 11) is 1.63. The van der Waals surface area contributed by atoms with Gasteiger partial charge in [0.1, 0.15) is 59.4 Å². The van der Waals surface area contributed by atoms with Crippen LogP contribution in [0.2, 0.25) is 0 Å². The number of esters is 1. The van der Waals surface area contributed by atoms with Gasteiger partial charge in [-0.25, -0.2) is 49.2 Å². The third-order valence-electron chi connectivity index (χ3n) is 25.8. The molecule has 32 heteroatoms. The number of anilines is 3. The number of methoxy groups -OCH3 is 1. The number of cyclic esters (lactones) is 1. The molecule has 125 heavy (non-hydrogen) atoms. The Kier molecular flexibility index (Phi) is 30.8. The van der Waals surface area contributed by atoms with Crippen LogP contribution in [0.1, 0.15) is 176 Å². The first-order valence-corrected chi connectivity index (χ1v) is 44.7. The lowest BCUT2D eigenvalue weighted by Gasteiger charge is -2.36. The first kappa shape index (κ1) is 90.2. The molecule has 2 unspecified atom stereocenters. The van der Waals surface area contributed by atoms with E-state index in [1.807, 2.05) is 88.9 Å². The molecule has 0 radical (unpaired) electrons. The molecule has 5 N–H and O–H groups in total. The van der Waals surface area contributed by atoms with Crippen molar-refractivity contribution in [1.82, 2.24) is 74.6 Å². The number of carbonyl (C=O) groups is 8. The molecule has 12 heterocycles. The van der Waals surface area contributed by atoms with Crippen LogP contribution in [0.3, 0.4) is 0 Å². The molecule has 4 saturated heterocycles. The van der Waals surface area contributed by atoms with Gasteiger partial charge in [-0.15, -0.1) is 0 Å². The van der Waals surface area contributed by atoms with Crippen LogP contribution < -0.4 is 20.9 Å². The Morgan fingerprint density at radius 3 is 2.24 bits per heavy atom. The lowest BCUT2D eigenvalue weighted by molar-refractivity contribution is -0.167. The molecular weight excluding hydrogens is 1590 g/mol. The number of nitrogen functional groups attached to an aromatic ring is 1. The van der Waals surface area contributed by atoms with Crippen molar-refractivity contribution < 1.29 is 67.1 Å². The number of ether oxygens (including phenoxy) is 5. The van der Waals surface area contributed by atoms with E-state index in [0.29, 0.717) is 194 Å². The highest BCUT2D eigenvalue weighted by Crippen LogP contribution is 2.36. The van der Waals surface area contributed by atoms with Gasteiger partial charge in [0.2, 0.25) is 23.6 Å². The molecule has 7 aliphatic rings. The first-order chi connectivity index (χ1) is 60.5. The van der Waals surface area contributed by atoms with Gasteiger partial charge >= 0.3 is 12.1 Å². The molecule has 666 valence electrons. The molecule has 14 rings (SSSR count). The molecule has 2 bridgehead atoms. The topological polar surface area (TPSA) is 384 Å². The molecule has 5 fully saturated rings. The Bertz CT molecular complexity index is 5060. The highest BCUT2D eigenvalue weighted by atomic mass is 16.6. The number of rotatable bonds is 19. The largest absolute Gasteiger partial charge is 0.460 e. The van der Waals surface area contributed by atoms with E-state index in [4.69, 9.17) is 34.5 Å². The number of allylic oxidation sites excluding steroid dienone is 6. The summed E-state index contributed by atoms with van der Waals surface area (Å²) in [5.74, 6) is -1.80. The fourth-order valence-corrected chi connectivity index (χ4v) is 18.2. The molecule has 4 amide bonds. The van der Waals surface area contributed by atoms with E-state index in [2.05, 4.69) is 73.2 Å². The number of pyridine rings is 1. The Hall–Kier alpha value is -11.1. The van der Waals surface area contributed by atoms with Crippen LogP contribution in [0.4, 0.5) is 22.5 Å². The number of benzene rings is 1. The number of piperazine rings is 2. The second kappa shape index (κ2) is 42.8. The van der Waals surface area contributed by atoms with Crippen LogP contribution >= 0.6 is 0 Å². The minimum Gasteiger partial charge on any atom is -0.460 e. The van der Waals surface area contributed by atoms with Crippen molar-refractivity contribution in [3.63, 3.8) is 0 Å². The maximum atomic E-state index is 14.5. The number of carbonyl (C=O) groups excluding carboxylic acids is 8. The highest BCUT2D eigenvalue weighted by Gasteiger charge is 2.42. The van der Waals surface area contributed by atoms with Crippen molar-refractivity contribution in [2.45, 2.75) is 212 Å². The van der Waals surface area contributed by atoms with Gasteiger partial charge in [0, 0.05) is 177 Å². The number of hydrogen-bond acceptors (Lipinski definition) is 26. The number of aliphatic hydroxyl groups excluding tert-OH is 1. The Balaban J connectivity index is 0.474. The second-order valence-electron chi connectivity index (χ2n) is 34.8. The van der Waals surface area contributed by atoms with E-state index in [-0.39, 0.29) is 91.8 Å². The third kappa shape index (κ3) is 23.6. The number of nitrogens with two attached hydrogens (primary N) is 1. The van der Waals surface area contributed by atoms with E-state index in [1.54, 1.807) is 58.0 Å². The monoisotopic (exact) mass is 1710 g/mol. The summed E-state index contributed by atoms with van der Waals surface area (Å²) in [4.78, 5) is 157. The standard InChI is InChI=1S/C93H120N18O14/c1-59-13-8-7-9-14-60(2)80(121-6)48-73-15-12-17-79(123-73)84(116)89(118)110-30-11-10-16-75(110)90(119)124-74(47-76(112)62(4)44-63(5)78(114)49-77(113)61(3)43-59)25-21-64-19-23-72(24-20-64)125-93(120)101-52-66-50-97-91(98-51-66)108-38-36-106(37-39-108)81(115)28-41-122-42-40-105-32-34-107(35-33-105)92-99-54-71(55-100-92)88(117)109-31-27-67-45-65(18-22-69(67)57-109)56-111-87-82(85(94)102-58-103-87)83(104-111)70-46-68-26-29-95-86(68)96-53-70/h7-9,13-14,18,22,26,29,44-46,50-51,53-55,58-59,61-62,64,72-75,78-80,114H,10-12,15-17,19-21,23-25,27-28,30-43,47-49,52,56-57H2,1-6H3,(H,95,96)(H,101,120)(H2,94,102,103)/b9-7+,13-8+,60-14+,63-44+/t59-,61-,62-,64-,72-,73?,74-,75+,78+,79?,80+/m1/s1. The number of piperidine rings is 1. The molecule has 7 aromatic rings. The van der Waals surface area contributed by atoms with E-state index < -0.39 is 54.0 Å². The number of Topliss-reactive ketones (excluding diaryl/α,β-unsaturated/α-hetero) is 3. The predicted octanol–water partition coefficient (Wildman–Crippen LogP) is 10.0. The molecule has 6 aliphatic heterocycles. The van der Waals surface area contributed by atoms with Crippen molar-refractivity contribution in [2.75, 3.05) is 108 Å². The number of aliphatic hydroxyl groups is 1. The fourth-order valence-electron chi connectivity index (χ4n) is 18.2. The van der Waals surface area contributed by atoms with Gasteiger partial charge in [-0.05, 0) is 156 Å². The van der Waals surface area contributed by atoms with Crippen LogP contribution in [0.15, 0.2) is 121 Å². The van der Waals surface area contributed by atoms with E-state index in [0.717, 1.165) is 78.9 Å². The molecular formula is C93H120N18O14. The number of H-pyrrole nitrogens is 1. The summed E-state index contributed by atoms with van der Waals surface area (Å²) in [5.41, 5.74) is 15.2. The van der Waals surface area contributed by atoms with Gasteiger partial charge in [0.15, 0.2) is 5.65 Å². The number of aromatic amines is 1. The van der Waals surface area contributed by atoms with E-state index in [9.17, 15) is 43.5 Å². The maximum absolute atomic E-state index is 14.5. The van der Waals surface area contributed by atoms with Gasteiger partial charge in [0.05, 0.1) is 55.4 Å².